The van der Waals surface area contributed by atoms with Gasteiger partial charge in [0.05, 0.1) is 18.8 Å². The first-order valence-electron chi connectivity index (χ1n) is 11.7. The molecule has 0 fully saturated rings. The largest absolute Gasteiger partial charge is 0.489 e. The summed E-state index contributed by atoms with van der Waals surface area (Å²) in [6.07, 6.45) is 1.38. The van der Waals surface area contributed by atoms with E-state index < -0.39 is 42.5 Å². The zero-order valence-electron chi connectivity index (χ0n) is 21.0. The van der Waals surface area contributed by atoms with E-state index in [-0.39, 0.29) is 23.1 Å². The maximum Gasteiger partial charge on any atom is 0.323 e. The van der Waals surface area contributed by atoms with Crippen LogP contribution in [0.25, 0.3) is 22.1 Å². The van der Waals surface area contributed by atoms with Gasteiger partial charge in [-0.1, -0.05) is 24.3 Å². The van der Waals surface area contributed by atoms with Crippen molar-refractivity contribution in [3.63, 3.8) is 0 Å². The van der Waals surface area contributed by atoms with Crippen LogP contribution in [0, 0.1) is 18.6 Å². The number of carbonyl (C=O) groups excluding carboxylic acids is 2. The quantitative estimate of drug-likeness (QED) is 0.286. The van der Waals surface area contributed by atoms with E-state index >= 15 is 0 Å². The number of fused-ring (bicyclic) bond motifs is 1. The van der Waals surface area contributed by atoms with E-state index in [1.165, 1.54) is 25.5 Å². The number of amides is 2. The third-order valence-corrected chi connectivity index (χ3v) is 5.83. The van der Waals surface area contributed by atoms with Gasteiger partial charge >= 0.3 is 5.97 Å². The minimum atomic E-state index is -1.28. The molecule has 9 nitrogen and oxygen atoms in total. The third kappa shape index (κ3) is 6.21. The first-order chi connectivity index (χ1) is 18.7. The van der Waals surface area contributed by atoms with Crippen LogP contribution in [0.3, 0.4) is 0 Å². The Balaban J connectivity index is 1.47. The molecule has 0 spiro atoms. The predicted molar refractivity (Wildman–Crippen MR) is 136 cm³/mol. The Morgan fingerprint density at radius 1 is 1.05 bits per heavy atom. The van der Waals surface area contributed by atoms with Crippen LogP contribution in [0.2, 0.25) is 0 Å². The van der Waals surface area contributed by atoms with E-state index in [1.807, 2.05) is 5.48 Å². The minimum absolute atomic E-state index is 0.0797. The molecule has 0 saturated carbocycles. The van der Waals surface area contributed by atoms with Crippen molar-refractivity contribution in [3.8, 4) is 16.9 Å². The van der Waals surface area contributed by atoms with Gasteiger partial charge in [0.2, 0.25) is 0 Å². The number of halogens is 2. The van der Waals surface area contributed by atoms with Crippen LogP contribution in [0.15, 0.2) is 65.3 Å². The number of benzene rings is 3. The monoisotopic (exact) mass is 538 g/mol. The van der Waals surface area contributed by atoms with E-state index in [4.69, 9.17) is 14.3 Å². The van der Waals surface area contributed by atoms with Crippen molar-refractivity contribution >= 4 is 28.8 Å². The fraction of sp³-hybridized carbons (Fsp3) is 0.179. The van der Waals surface area contributed by atoms with Crippen LogP contribution < -0.4 is 10.2 Å². The average Bonchev–Trinajstić information content (AvgIpc) is 3.30. The molecule has 0 radical (unpaired) electrons. The summed E-state index contributed by atoms with van der Waals surface area (Å²) in [6, 6.07) is 14.2. The van der Waals surface area contributed by atoms with E-state index in [2.05, 4.69) is 4.84 Å². The number of hydrogen-bond donors (Lipinski definition) is 2. The molecule has 0 aliphatic rings. The summed E-state index contributed by atoms with van der Waals surface area (Å²) in [6.45, 7) is 0.536. The lowest BCUT2D eigenvalue weighted by atomic mass is 10.0. The minimum Gasteiger partial charge on any atom is -0.489 e. The zero-order chi connectivity index (χ0) is 28.1. The van der Waals surface area contributed by atoms with Gasteiger partial charge in [0, 0.05) is 11.1 Å². The molecule has 3 aromatic carbocycles. The highest BCUT2D eigenvalue weighted by Gasteiger charge is 2.22. The molecule has 0 bridgehead atoms. The number of nitrogens with one attached hydrogen (secondary N) is 1. The molecule has 11 heteroatoms. The summed E-state index contributed by atoms with van der Waals surface area (Å²) in [4.78, 5) is 41.3. The molecule has 4 rings (SSSR count). The van der Waals surface area contributed by atoms with Gasteiger partial charge in [0.15, 0.2) is 11.6 Å². The Labute approximate surface area is 221 Å². The third-order valence-electron chi connectivity index (χ3n) is 5.83. The van der Waals surface area contributed by atoms with E-state index in [0.717, 1.165) is 11.0 Å². The molecule has 1 aromatic heterocycles. The van der Waals surface area contributed by atoms with E-state index in [1.54, 1.807) is 43.3 Å². The highest BCUT2D eigenvalue weighted by molar-refractivity contribution is 5.98. The van der Waals surface area contributed by atoms with E-state index in [9.17, 15) is 23.2 Å². The lowest BCUT2D eigenvalue weighted by molar-refractivity contribution is -0.138. The Morgan fingerprint density at radius 3 is 2.49 bits per heavy atom. The number of ether oxygens (including phenoxy) is 1. The lowest BCUT2D eigenvalue weighted by Crippen LogP contribution is -2.43. The van der Waals surface area contributed by atoms with Gasteiger partial charge in [-0.05, 0) is 53.9 Å². The summed E-state index contributed by atoms with van der Waals surface area (Å²) in [7, 11) is 1.22. The first kappa shape index (κ1) is 27.3. The van der Waals surface area contributed by atoms with Crippen LogP contribution >= 0.6 is 0 Å². The maximum absolute atomic E-state index is 14.3. The summed E-state index contributed by atoms with van der Waals surface area (Å²) >= 11 is 0. The van der Waals surface area contributed by atoms with Gasteiger partial charge in [0.1, 0.15) is 31.0 Å². The Hall–Kier alpha value is -4.77. The number of carboxylic acid groups (broad SMARTS) is 1. The highest BCUT2D eigenvalue weighted by Crippen LogP contribution is 2.35. The number of hydrogen-bond acceptors (Lipinski definition) is 6. The molecule has 1 heterocycles. The van der Waals surface area contributed by atoms with Crippen LogP contribution in [0.5, 0.6) is 5.75 Å². The number of hydroxylamine groups is 1. The van der Waals surface area contributed by atoms with Gasteiger partial charge in [-0.3, -0.25) is 19.2 Å². The molecule has 0 aliphatic carbocycles. The molecular weight excluding hydrogens is 514 g/mol. The van der Waals surface area contributed by atoms with E-state index in [0.29, 0.717) is 28.0 Å². The first-order valence-corrected chi connectivity index (χ1v) is 11.7. The van der Waals surface area contributed by atoms with Crippen molar-refractivity contribution in [1.29, 1.82) is 0 Å². The summed E-state index contributed by atoms with van der Waals surface area (Å²) in [5.41, 5.74) is 4.59. The second-order valence-corrected chi connectivity index (χ2v) is 8.64. The number of nitrogens with zero attached hydrogens (tertiary/aromatic N) is 1. The van der Waals surface area contributed by atoms with Crippen molar-refractivity contribution in [1.82, 2.24) is 10.4 Å². The topological polar surface area (TPSA) is 118 Å². The van der Waals surface area contributed by atoms with Gasteiger partial charge < -0.3 is 19.2 Å². The van der Waals surface area contributed by atoms with Gasteiger partial charge in [-0.2, -0.15) is 0 Å². The fourth-order valence-electron chi connectivity index (χ4n) is 4.06. The average molecular weight is 539 g/mol. The molecule has 202 valence electrons. The number of aryl methyl sites for hydroxylation is 1. The molecule has 0 saturated heterocycles. The summed E-state index contributed by atoms with van der Waals surface area (Å²) in [5.74, 6) is -4.05. The molecule has 39 heavy (non-hydrogen) atoms. The van der Waals surface area contributed by atoms with Gasteiger partial charge in [0.25, 0.3) is 11.8 Å². The number of carboxylic acids is 1. The molecular formula is C28H24F2N2O7. The summed E-state index contributed by atoms with van der Waals surface area (Å²) < 4.78 is 39.8. The van der Waals surface area contributed by atoms with Crippen LogP contribution in [-0.4, -0.2) is 48.0 Å². The normalized spacial score (nSPS) is 10.9. The van der Waals surface area contributed by atoms with Crippen molar-refractivity contribution in [2.45, 2.75) is 13.5 Å². The Kier molecular flexibility index (Phi) is 8.21. The fourth-order valence-corrected chi connectivity index (χ4v) is 4.06. The number of rotatable bonds is 10. The van der Waals surface area contributed by atoms with Crippen LogP contribution in [0.1, 0.15) is 21.5 Å². The zero-order valence-corrected chi connectivity index (χ0v) is 21.0. The van der Waals surface area contributed by atoms with Crippen molar-refractivity contribution in [3.05, 3.63) is 89.2 Å². The van der Waals surface area contributed by atoms with Gasteiger partial charge in [-0.25, -0.2) is 14.3 Å². The van der Waals surface area contributed by atoms with Crippen molar-refractivity contribution in [2.24, 2.45) is 0 Å². The molecule has 0 aliphatic heterocycles. The molecule has 0 unspecified atom stereocenters. The smallest absolute Gasteiger partial charge is 0.323 e. The van der Waals surface area contributed by atoms with Gasteiger partial charge in [-0.15, -0.1) is 0 Å². The Morgan fingerprint density at radius 2 is 1.79 bits per heavy atom. The molecule has 2 N–H and O–H groups in total. The van der Waals surface area contributed by atoms with Crippen LogP contribution in [0.4, 0.5) is 8.78 Å². The molecule has 0 atom stereocenters. The Bertz CT molecular complexity index is 1530. The number of furan rings is 1. The van der Waals surface area contributed by atoms with Crippen molar-refractivity contribution in [2.75, 3.05) is 20.2 Å². The SMILES string of the molecule is CONC(=O)CN(CC(=O)O)C(=O)c1cccc(COc2ccc(-c3cc(F)c(F)c4c(C)coc34)cc2)c1. The number of carbonyl (C=O) groups is 3. The number of aliphatic carboxylic acids is 1. The van der Waals surface area contributed by atoms with Crippen molar-refractivity contribution < 1.29 is 42.3 Å². The summed E-state index contributed by atoms with van der Waals surface area (Å²) in [5, 5.41) is 9.24. The standard InChI is InChI=1S/C28H24F2N2O7/c1-16-14-39-27-21(11-22(29)26(30)25(16)27)18-6-8-20(9-7-18)38-15-17-4-3-5-19(10-17)28(36)32(13-24(34)35)12-23(33)31-37-2/h3-11,14H,12-13,15H2,1-2H3,(H,31,33)(H,34,35). The molecule has 2 amide bonds. The maximum atomic E-state index is 14.3. The second kappa shape index (κ2) is 11.7. The highest BCUT2D eigenvalue weighted by atomic mass is 19.2. The lowest BCUT2D eigenvalue weighted by Gasteiger charge is -2.20. The predicted octanol–water partition coefficient (Wildman–Crippen LogP) is 4.47. The molecule has 4 aromatic rings. The second-order valence-electron chi connectivity index (χ2n) is 8.64. The van der Waals surface area contributed by atoms with Crippen LogP contribution in [-0.2, 0) is 21.0 Å².